The largest absolute Gasteiger partial charge is 0.431 e. The van der Waals surface area contributed by atoms with Crippen molar-refractivity contribution >= 4 is 55.5 Å². The van der Waals surface area contributed by atoms with E-state index in [2.05, 4.69) is 31.2 Å². The molecule has 3 heterocycles. The van der Waals surface area contributed by atoms with E-state index >= 15 is 0 Å². The molecule has 3 amide bonds. The quantitative estimate of drug-likeness (QED) is 0.595. The summed E-state index contributed by atoms with van der Waals surface area (Å²) in [7, 11) is 1.62. The van der Waals surface area contributed by atoms with Crippen molar-refractivity contribution < 1.29 is 14.0 Å². The molecule has 130 valence electrons. The smallest absolute Gasteiger partial charge is 0.325 e. The van der Waals surface area contributed by atoms with Crippen molar-refractivity contribution in [2.75, 3.05) is 19.3 Å². The van der Waals surface area contributed by atoms with Gasteiger partial charge in [0.05, 0.1) is 0 Å². The second kappa shape index (κ2) is 6.34. The van der Waals surface area contributed by atoms with Crippen molar-refractivity contribution in [1.29, 1.82) is 0 Å². The fourth-order valence-electron chi connectivity index (χ4n) is 2.87. The van der Waals surface area contributed by atoms with Crippen LogP contribution < -0.4 is 5.32 Å². The molecule has 2 unspecified atom stereocenters. The standard InChI is InChI=1S/C15H14BrN5O3S/c1-20-11-10(12(22)19-14(20)23)21(13(16)18-11)6-7-25-15-17-8-4-2-3-5-9(8)24-15/h2-5,10-11H,6-7H2,1H3,(H,19,22,23). The van der Waals surface area contributed by atoms with Crippen molar-refractivity contribution in [2.45, 2.75) is 17.4 Å². The van der Waals surface area contributed by atoms with E-state index in [0.29, 0.717) is 22.3 Å². The van der Waals surface area contributed by atoms with E-state index in [4.69, 9.17) is 4.42 Å². The number of hydrogen-bond donors (Lipinski definition) is 1. The normalized spacial score (nSPS) is 23.0. The van der Waals surface area contributed by atoms with Crippen LogP contribution in [0.15, 0.2) is 38.9 Å². The van der Waals surface area contributed by atoms with Crippen LogP contribution in [0.5, 0.6) is 0 Å². The van der Waals surface area contributed by atoms with Gasteiger partial charge in [0.15, 0.2) is 22.5 Å². The third-order valence-electron chi connectivity index (χ3n) is 4.14. The van der Waals surface area contributed by atoms with Crippen LogP contribution in [0.25, 0.3) is 11.1 Å². The van der Waals surface area contributed by atoms with Crippen LogP contribution >= 0.6 is 27.7 Å². The Labute approximate surface area is 155 Å². The van der Waals surface area contributed by atoms with Gasteiger partial charge in [-0.2, -0.15) is 0 Å². The molecule has 1 aromatic heterocycles. The Hall–Kier alpha value is -2.07. The molecule has 2 aliphatic rings. The number of imide groups is 1. The predicted octanol–water partition coefficient (Wildman–Crippen LogP) is 1.86. The Morgan fingerprint density at radius 1 is 1.36 bits per heavy atom. The number of fused-ring (bicyclic) bond motifs is 2. The zero-order chi connectivity index (χ0) is 17.6. The average Bonchev–Trinajstić information content (AvgIpc) is 3.14. The second-order valence-corrected chi connectivity index (χ2v) is 7.41. The molecule has 1 aromatic carbocycles. The van der Waals surface area contributed by atoms with E-state index in [1.54, 1.807) is 7.05 Å². The topological polar surface area (TPSA) is 91.0 Å². The lowest BCUT2D eigenvalue weighted by Crippen LogP contribution is -2.63. The van der Waals surface area contributed by atoms with E-state index in [0.717, 1.165) is 11.1 Å². The van der Waals surface area contributed by atoms with Gasteiger partial charge < -0.3 is 14.2 Å². The van der Waals surface area contributed by atoms with E-state index in [-0.39, 0.29) is 5.91 Å². The minimum Gasteiger partial charge on any atom is -0.431 e. The zero-order valence-corrected chi connectivity index (χ0v) is 15.6. The van der Waals surface area contributed by atoms with Crippen LogP contribution in [-0.2, 0) is 4.79 Å². The fraction of sp³-hybridized carbons (Fsp3) is 0.333. The van der Waals surface area contributed by atoms with E-state index in [1.807, 2.05) is 29.2 Å². The predicted molar refractivity (Wildman–Crippen MR) is 96.7 cm³/mol. The summed E-state index contributed by atoms with van der Waals surface area (Å²) >= 11 is 4.86. The van der Waals surface area contributed by atoms with Gasteiger partial charge in [-0.3, -0.25) is 10.1 Å². The number of aromatic nitrogens is 1. The summed E-state index contributed by atoms with van der Waals surface area (Å²) < 4.78 is 6.24. The Balaban J connectivity index is 1.43. The van der Waals surface area contributed by atoms with E-state index in [9.17, 15) is 9.59 Å². The molecule has 1 fully saturated rings. The van der Waals surface area contributed by atoms with Gasteiger partial charge in [0, 0.05) is 19.3 Å². The summed E-state index contributed by atoms with van der Waals surface area (Å²) in [6.45, 7) is 0.560. The monoisotopic (exact) mass is 423 g/mol. The number of para-hydroxylation sites is 2. The minimum atomic E-state index is -0.527. The maximum absolute atomic E-state index is 12.2. The summed E-state index contributed by atoms with van der Waals surface area (Å²) in [5.74, 6) is 0.323. The first-order valence-corrected chi connectivity index (χ1v) is 9.38. The van der Waals surface area contributed by atoms with Crippen LogP contribution in [0.1, 0.15) is 0 Å². The maximum Gasteiger partial charge on any atom is 0.325 e. The number of nitrogens with zero attached hydrogens (tertiary/aromatic N) is 4. The van der Waals surface area contributed by atoms with Crippen LogP contribution in [0, 0.1) is 0 Å². The molecular formula is C15H14BrN5O3S. The van der Waals surface area contributed by atoms with Gasteiger partial charge in [-0.05, 0) is 28.1 Å². The molecule has 8 nitrogen and oxygen atoms in total. The number of nitrogens with one attached hydrogen (secondary N) is 1. The molecule has 10 heteroatoms. The maximum atomic E-state index is 12.2. The number of carbonyl (C=O) groups is 2. The first-order valence-electron chi connectivity index (χ1n) is 7.60. The molecule has 2 aromatic rings. The van der Waals surface area contributed by atoms with Crippen LogP contribution in [0.4, 0.5) is 4.79 Å². The lowest BCUT2D eigenvalue weighted by Gasteiger charge is -2.35. The summed E-state index contributed by atoms with van der Waals surface area (Å²) in [5.41, 5.74) is 1.57. The van der Waals surface area contributed by atoms with Gasteiger partial charge in [0.25, 0.3) is 11.1 Å². The van der Waals surface area contributed by atoms with Gasteiger partial charge in [0.2, 0.25) is 0 Å². The van der Waals surface area contributed by atoms with Crippen LogP contribution in [0.2, 0.25) is 0 Å². The number of carbonyl (C=O) groups excluding carboxylic acids is 2. The Morgan fingerprint density at radius 2 is 2.16 bits per heavy atom. The van der Waals surface area contributed by atoms with Gasteiger partial charge in [0.1, 0.15) is 5.52 Å². The summed E-state index contributed by atoms with van der Waals surface area (Å²) in [5, 5.41) is 2.94. The molecule has 2 atom stereocenters. The Morgan fingerprint density at radius 3 is 2.96 bits per heavy atom. The molecule has 0 spiro atoms. The molecule has 0 aliphatic carbocycles. The minimum absolute atomic E-state index is 0.335. The molecule has 0 radical (unpaired) electrons. The molecule has 4 rings (SSSR count). The molecular weight excluding hydrogens is 410 g/mol. The highest BCUT2D eigenvalue weighted by molar-refractivity contribution is 9.18. The number of oxazole rings is 1. The number of rotatable bonds is 4. The number of amides is 3. The molecule has 25 heavy (non-hydrogen) atoms. The molecule has 0 bridgehead atoms. The summed E-state index contributed by atoms with van der Waals surface area (Å²) in [6.07, 6.45) is -0.509. The highest BCUT2D eigenvalue weighted by atomic mass is 79.9. The highest BCUT2D eigenvalue weighted by Crippen LogP contribution is 2.28. The zero-order valence-electron chi connectivity index (χ0n) is 13.2. The molecule has 2 aliphatic heterocycles. The highest BCUT2D eigenvalue weighted by Gasteiger charge is 2.47. The average molecular weight is 424 g/mol. The van der Waals surface area contributed by atoms with Crippen molar-refractivity contribution in [2.24, 2.45) is 4.99 Å². The molecule has 1 saturated heterocycles. The number of hydrogen-bond acceptors (Lipinski definition) is 7. The van der Waals surface area contributed by atoms with Gasteiger partial charge >= 0.3 is 6.03 Å². The van der Waals surface area contributed by atoms with Gasteiger partial charge in [-0.25, -0.2) is 14.8 Å². The Bertz CT molecular complexity index is 852. The number of amidine groups is 1. The van der Waals surface area contributed by atoms with E-state index in [1.165, 1.54) is 16.7 Å². The Kier molecular flexibility index (Phi) is 4.16. The van der Waals surface area contributed by atoms with Crippen molar-refractivity contribution in [3.63, 3.8) is 0 Å². The lowest BCUT2D eigenvalue weighted by molar-refractivity contribution is -0.126. The number of benzene rings is 1. The van der Waals surface area contributed by atoms with Gasteiger partial charge in [-0.1, -0.05) is 23.9 Å². The first kappa shape index (κ1) is 16.4. The SMILES string of the molecule is CN1C(=O)NC(=O)C2C1N=C(Br)N2CCSc1nc2ccccc2o1. The number of likely N-dealkylation sites (N-methyl/N-ethyl adjacent to an activating group) is 1. The third kappa shape index (κ3) is 2.89. The molecule has 1 N–H and O–H groups in total. The van der Waals surface area contributed by atoms with Crippen LogP contribution in [0.3, 0.4) is 0 Å². The van der Waals surface area contributed by atoms with Crippen molar-refractivity contribution in [3.05, 3.63) is 24.3 Å². The van der Waals surface area contributed by atoms with E-state index < -0.39 is 18.2 Å². The molecule has 0 saturated carbocycles. The van der Waals surface area contributed by atoms with Crippen LogP contribution in [-0.4, -0.2) is 63.0 Å². The number of aliphatic imine (C=N–C) groups is 1. The third-order valence-corrected chi connectivity index (χ3v) is 5.61. The number of urea groups is 1. The summed E-state index contributed by atoms with van der Waals surface area (Å²) in [6, 6.07) is 6.63. The van der Waals surface area contributed by atoms with Crippen molar-refractivity contribution in [3.8, 4) is 0 Å². The second-order valence-electron chi connectivity index (χ2n) is 5.65. The number of thioether (sulfide) groups is 1. The first-order chi connectivity index (χ1) is 12.0. The fourth-order valence-corrected chi connectivity index (χ4v) is 4.25. The number of halogens is 1. The lowest BCUT2D eigenvalue weighted by atomic mass is 10.1. The van der Waals surface area contributed by atoms with Crippen molar-refractivity contribution in [1.82, 2.24) is 20.1 Å². The van der Waals surface area contributed by atoms with Gasteiger partial charge in [-0.15, -0.1) is 0 Å². The summed E-state index contributed by atoms with van der Waals surface area (Å²) in [4.78, 5) is 36.0.